The van der Waals surface area contributed by atoms with Crippen LogP contribution < -0.4 is 0 Å². The summed E-state index contributed by atoms with van der Waals surface area (Å²) in [7, 11) is 0. The van der Waals surface area contributed by atoms with Gasteiger partial charge >= 0.3 is 0 Å². The Labute approximate surface area is 77.9 Å². The maximum Gasteiger partial charge on any atom is 0.136 e. The highest BCUT2D eigenvalue weighted by Crippen LogP contribution is 2.25. The van der Waals surface area contributed by atoms with Gasteiger partial charge in [-0.15, -0.1) is 0 Å². The van der Waals surface area contributed by atoms with Gasteiger partial charge in [0.2, 0.25) is 0 Å². The number of ketones is 1. The van der Waals surface area contributed by atoms with E-state index >= 15 is 0 Å². The zero-order valence-corrected chi connectivity index (χ0v) is 7.88. The van der Waals surface area contributed by atoms with E-state index in [2.05, 4.69) is 0 Å². The van der Waals surface area contributed by atoms with Crippen LogP contribution >= 0.6 is 0 Å². The van der Waals surface area contributed by atoms with Crippen molar-refractivity contribution < 1.29 is 9.21 Å². The van der Waals surface area contributed by atoms with Crippen molar-refractivity contribution in [3.63, 3.8) is 0 Å². The minimum atomic E-state index is 0.227. The molecule has 70 valence electrons. The smallest absolute Gasteiger partial charge is 0.136 e. The fourth-order valence-electron chi connectivity index (χ4n) is 1.94. The summed E-state index contributed by atoms with van der Waals surface area (Å²) in [4.78, 5) is 11.3. The molecule has 1 aromatic rings. The predicted octanol–water partition coefficient (Wildman–Crippen LogP) is 2.50. The number of Topliss-reactive ketones (excluding diaryl/α,β-unsaturated/α-hetero) is 1. The third-order valence-corrected chi connectivity index (χ3v) is 2.67. The standard InChI is InChI=1S/C11H14O2/c1-8-5-6-10(13-8)7-9-3-2-4-11(9)12/h5-6,9H,2-4,7H2,1H3. The van der Waals surface area contributed by atoms with E-state index in [0.717, 1.165) is 37.2 Å². The molecule has 0 aromatic carbocycles. The number of carbonyl (C=O) groups excluding carboxylic acids is 1. The van der Waals surface area contributed by atoms with Crippen LogP contribution in [0.1, 0.15) is 30.8 Å². The number of hydrogen-bond donors (Lipinski definition) is 0. The molecule has 1 fully saturated rings. The Kier molecular flexibility index (Phi) is 2.21. The van der Waals surface area contributed by atoms with Crippen molar-refractivity contribution in [1.29, 1.82) is 0 Å². The molecule has 1 aliphatic carbocycles. The van der Waals surface area contributed by atoms with Gasteiger partial charge in [-0.25, -0.2) is 0 Å². The second-order valence-electron chi connectivity index (χ2n) is 3.77. The average Bonchev–Trinajstić information content (AvgIpc) is 2.64. The van der Waals surface area contributed by atoms with Crippen LogP contribution in [0.5, 0.6) is 0 Å². The van der Waals surface area contributed by atoms with E-state index < -0.39 is 0 Å². The monoisotopic (exact) mass is 178 g/mol. The zero-order valence-electron chi connectivity index (χ0n) is 7.88. The quantitative estimate of drug-likeness (QED) is 0.696. The molecule has 13 heavy (non-hydrogen) atoms. The molecular weight excluding hydrogens is 164 g/mol. The molecule has 0 spiro atoms. The Morgan fingerprint density at radius 3 is 2.92 bits per heavy atom. The second kappa shape index (κ2) is 3.36. The van der Waals surface area contributed by atoms with Crippen molar-refractivity contribution in [1.82, 2.24) is 0 Å². The molecule has 1 heterocycles. The minimum absolute atomic E-state index is 0.227. The maximum atomic E-state index is 11.3. The summed E-state index contributed by atoms with van der Waals surface area (Å²) >= 11 is 0. The number of carbonyl (C=O) groups is 1. The van der Waals surface area contributed by atoms with Crippen molar-refractivity contribution in [2.24, 2.45) is 5.92 Å². The summed E-state index contributed by atoms with van der Waals surface area (Å²) in [5, 5.41) is 0. The molecule has 0 aliphatic heterocycles. The first kappa shape index (κ1) is 8.54. The molecule has 2 nitrogen and oxygen atoms in total. The van der Waals surface area contributed by atoms with Crippen LogP contribution in [0.2, 0.25) is 0 Å². The van der Waals surface area contributed by atoms with Gasteiger partial charge in [0.15, 0.2) is 0 Å². The Morgan fingerprint density at radius 1 is 1.54 bits per heavy atom. The molecule has 0 saturated heterocycles. The van der Waals surface area contributed by atoms with Crippen LogP contribution in [-0.4, -0.2) is 5.78 Å². The lowest BCUT2D eigenvalue weighted by Crippen LogP contribution is -2.08. The van der Waals surface area contributed by atoms with Crippen LogP contribution in [0.15, 0.2) is 16.5 Å². The van der Waals surface area contributed by atoms with E-state index in [1.54, 1.807) is 0 Å². The van der Waals surface area contributed by atoms with Gasteiger partial charge in [-0.3, -0.25) is 4.79 Å². The lowest BCUT2D eigenvalue weighted by Gasteiger charge is -2.03. The SMILES string of the molecule is Cc1ccc(CC2CCCC2=O)o1. The number of hydrogen-bond acceptors (Lipinski definition) is 2. The Balaban J connectivity index is 2.01. The molecule has 1 aromatic heterocycles. The number of furan rings is 1. The predicted molar refractivity (Wildman–Crippen MR) is 49.5 cm³/mol. The number of rotatable bonds is 2. The van der Waals surface area contributed by atoms with Gasteiger partial charge in [0.25, 0.3) is 0 Å². The van der Waals surface area contributed by atoms with Crippen molar-refractivity contribution in [3.05, 3.63) is 23.7 Å². The van der Waals surface area contributed by atoms with E-state index in [-0.39, 0.29) is 5.92 Å². The van der Waals surface area contributed by atoms with Gasteiger partial charge in [-0.1, -0.05) is 0 Å². The van der Waals surface area contributed by atoms with Gasteiger partial charge in [-0.05, 0) is 31.9 Å². The Hall–Kier alpha value is -1.05. The average molecular weight is 178 g/mol. The topological polar surface area (TPSA) is 30.2 Å². The summed E-state index contributed by atoms with van der Waals surface area (Å²) in [6, 6.07) is 3.93. The third kappa shape index (κ3) is 1.82. The van der Waals surface area contributed by atoms with Crippen LogP contribution in [-0.2, 0) is 11.2 Å². The lowest BCUT2D eigenvalue weighted by molar-refractivity contribution is -0.120. The highest BCUT2D eigenvalue weighted by Gasteiger charge is 2.25. The van der Waals surface area contributed by atoms with E-state index in [9.17, 15) is 4.79 Å². The lowest BCUT2D eigenvalue weighted by atomic mass is 10.0. The van der Waals surface area contributed by atoms with Crippen molar-refractivity contribution in [3.8, 4) is 0 Å². The zero-order chi connectivity index (χ0) is 9.26. The van der Waals surface area contributed by atoms with E-state index in [1.165, 1.54) is 0 Å². The van der Waals surface area contributed by atoms with E-state index in [0.29, 0.717) is 5.78 Å². The third-order valence-electron chi connectivity index (χ3n) is 2.67. The van der Waals surface area contributed by atoms with Crippen LogP contribution in [0.4, 0.5) is 0 Å². The number of aryl methyl sites for hydroxylation is 1. The molecular formula is C11H14O2. The largest absolute Gasteiger partial charge is 0.466 e. The summed E-state index contributed by atoms with van der Waals surface area (Å²) in [5.74, 6) is 2.53. The summed E-state index contributed by atoms with van der Waals surface area (Å²) < 4.78 is 5.44. The Morgan fingerprint density at radius 2 is 2.38 bits per heavy atom. The fourth-order valence-corrected chi connectivity index (χ4v) is 1.94. The van der Waals surface area contributed by atoms with Gasteiger partial charge < -0.3 is 4.42 Å². The molecule has 2 heteroatoms. The van der Waals surface area contributed by atoms with Crippen molar-refractivity contribution >= 4 is 5.78 Å². The summed E-state index contributed by atoms with van der Waals surface area (Å²) in [6.07, 6.45) is 3.67. The molecule has 0 bridgehead atoms. The molecule has 0 N–H and O–H groups in total. The van der Waals surface area contributed by atoms with Crippen LogP contribution in [0.25, 0.3) is 0 Å². The molecule has 1 saturated carbocycles. The minimum Gasteiger partial charge on any atom is -0.466 e. The first-order valence-corrected chi connectivity index (χ1v) is 4.84. The van der Waals surface area contributed by atoms with Gasteiger partial charge in [-0.2, -0.15) is 0 Å². The van der Waals surface area contributed by atoms with Gasteiger partial charge in [0.1, 0.15) is 17.3 Å². The molecule has 1 atom stereocenters. The maximum absolute atomic E-state index is 11.3. The normalized spacial score (nSPS) is 22.5. The first-order valence-electron chi connectivity index (χ1n) is 4.84. The fraction of sp³-hybridized carbons (Fsp3) is 0.545. The van der Waals surface area contributed by atoms with Crippen LogP contribution in [0, 0.1) is 12.8 Å². The van der Waals surface area contributed by atoms with E-state index in [4.69, 9.17) is 4.42 Å². The van der Waals surface area contributed by atoms with Gasteiger partial charge in [0, 0.05) is 18.8 Å². The molecule has 0 amide bonds. The summed E-state index contributed by atoms with van der Waals surface area (Å²) in [6.45, 7) is 1.93. The summed E-state index contributed by atoms with van der Waals surface area (Å²) in [5.41, 5.74) is 0. The molecule has 2 rings (SSSR count). The molecule has 1 unspecified atom stereocenters. The second-order valence-corrected chi connectivity index (χ2v) is 3.77. The highest BCUT2D eigenvalue weighted by molar-refractivity contribution is 5.83. The van der Waals surface area contributed by atoms with Gasteiger partial charge in [0.05, 0.1) is 0 Å². The molecule has 1 aliphatic rings. The molecule has 0 radical (unpaired) electrons. The first-order chi connectivity index (χ1) is 6.25. The van der Waals surface area contributed by atoms with Crippen LogP contribution in [0.3, 0.4) is 0 Å². The van der Waals surface area contributed by atoms with Crippen molar-refractivity contribution in [2.45, 2.75) is 32.6 Å². The highest BCUT2D eigenvalue weighted by atomic mass is 16.3. The van der Waals surface area contributed by atoms with E-state index in [1.807, 2.05) is 19.1 Å². The van der Waals surface area contributed by atoms with Crippen molar-refractivity contribution in [2.75, 3.05) is 0 Å². The Bertz CT molecular complexity index is 312.